The maximum atomic E-state index is 10.9. The van der Waals surface area contributed by atoms with Gasteiger partial charge < -0.3 is 9.84 Å². The van der Waals surface area contributed by atoms with Crippen LogP contribution in [0.4, 0.5) is 0 Å². The van der Waals surface area contributed by atoms with Crippen molar-refractivity contribution in [3.05, 3.63) is 0 Å². The van der Waals surface area contributed by atoms with E-state index >= 15 is 0 Å². The lowest BCUT2D eigenvalue weighted by molar-refractivity contribution is -0.144. The molecule has 82 valence electrons. The second-order valence-corrected chi connectivity index (χ2v) is 3.69. The summed E-state index contributed by atoms with van der Waals surface area (Å²) in [5.41, 5.74) is 0. The number of nitrogens with zero attached hydrogens (tertiary/aromatic N) is 1. The van der Waals surface area contributed by atoms with Crippen LogP contribution >= 0.6 is 0 Å². The second-order valence-electron chi connectivity index (χ2n) is 3.69. The molecule has 1 saturated heterocycles. The number of likely N-dealkylation sites (N-methyl/N-ethyl adjacent to an activating group) is 1. The predicted octanol–water partition coefficient (Wildman–Crippen LogP) is 0.960. The van der Waals surface area contributed by atoms with Crippen LogP contribution in [0, 0.1) is 0 Å². The van der Waals surface area contributed by atoms with Gasteiger partial charge in [-0.25, -0.2) is 0 Å². The van der Waals surface area contributed by atoms with Crippen molar-refractivity contribution in [1.82, 2.24) is 4.90 Å². The van der Waals surface area contributed by atoms with Crippen molar-refractivity contribution in [3.63, 3.8) is 0 Å². The summed E-state index contributed by atoms with van der Waals surface area (Å²) >= 11 is 0. The standard InChI is InChI=1S/C10H19NO3/c1-3-11(8(2)10(12)13)9-4-6-14-7-5-9/h8-9H,3-7H2,1-2H3,(H,12,13)/t8-/m1/s1. The van der Waals surface area contributed by atoms with Gasteiger partial charge >= 0.3 is 5.97 Å². The predicted molar refractivity (Wildman–Crippen MR) is 53.3 cm³/mol. The Morgan fingerprint density at radius 1 is 1.57 bits per heavy atom. The van der Waals surface area contributed by atoms with Crippen LogP contribution in [0.15, 0.2) is 0 Å². The summed E-state index contributed by atoms with van der Waals surface area (Å²) in [5, 5.41) is 8.94. The third-order valence-electron chi connectivity index (χ3n) is 2.88. The smallest absolute Gasteiger partial charge is 0.320 e. The molecule has 4 heteroatoms. The van der Waals surface area contributed by atoms with E-state index in [4.69, 9.17) is 9.84 Å². The minimum absolute atomic E-state index is 0.375. The number of aliphatic carboxylic acids is 1. The average Bonchev–Trinajstić information content (AvgIpc) is 2.20. The van der Waals surface area contributed by atoms with Crippen LogP contribution in [0.1, 0.15) is 26.7 Å². The molecule has 4 nitrogen and oxygen atoms in total. The molecule has 14 heavy (non-hydrogen) atoms. The molecule has 0 unspecified atom stereocenters. The first-order valence-corrected chi connectivity index (χ1v) is 5.23. The Balaban J connectivity index is 2.55. The lowest BCUT2D eigenvalue weighted by Gasteiger charge is -2.35. The zero-order chi connectivity index (χ0) is 10.6. The molecule has 1 aliphatic rings. The Kier molecular flexibility index (Phi) is 4.35. The molecule has 0 aromatic heterocycles. The van der Waals surface area contributed by atoms with Crippen LogP contribution in [-0.4, -0.2) is 47.8 Å². The number of hydrogen-bond donors (Lipinski definition) is 1. The maximum absolute atomic E-state index is 10.9. The Labute approximate surface area is 84.8 Å². The molecule has 0 radical (unpaired) electrons. The second kappa shape index (κ2) is 5.32. The van der Waals surface area contributed by atoms with Crippen molar-refractivity contribution in [2.24, 2.45) is 0 Å². The molecule has 1 atom stereocenters. The van der Waals surface area contributed by atoms with Gasteiger partial charge in [0.05, 0.1) is 0 Å². The van der Waals surface area contributed by atoms with Gasteiger partial charge in [0.25, 0.3) is 0 Å². The van der Waals surface area contributed by atoms with E-state index in [0.29, 0.717) is 6.04 Å². The molecule has 0 aliphatic carbocycles. The van der Waals surface area contributed by atoms with E-state index in [1.165, 1.54) is 0 Å². The normalized spacial score (nSPS) is 21.1. The summed E-state index contributed by atoms with van der Waals surface area (Å²) in [4.78, 5) is 12.9. The monoisotopic (exact) mass is 201 g/mol. The molecule has 1 N–H and O–H groups in total. The minimum Gasteiger partial charge on any atom is -0.480 e. The number of rotatable bonds is 4. The summed E-state index contributed by atoms with van der Waals surface area (Å²) in [7, 11) is 0. The quantitative estimate of drug-likeness (QED) is 0.736. The summed E-state index contributed by atoms with van der Waals surface area (Å²) in [6.45, 7) is 6.06. The van der Waals surface area contributed by atoms with Crippen molar-refractivity contribution >= 4 is 5.97 Å². The molecule has 1 aliphatic heterocycles. The number of carboxylic acid groups (broad SMARTS) is 1. The summed E-state index contributed by atoms with van der Waals surface area (Å²) in [6, 6.07) is -0.0112. The molecule has 1 fully saturated rings. The Bertz CT molecular complexity index is 190. The number of carboxylic acids is 1. The highest BCUT2D eigenvalue weighted by Gasteiger charge is 2.27. The van der Waals surface area contributed by atoms with Crippen molar-refractivity contribution in [1.29, 1.82) is 0 Å². The first-order valence-electron chi connectivity index (χ1n) is 5.23. The van der Waals surface area contributed by atoms with E-state index in [1.54, 1.807) is 6.92 Å². The Morgan fingerprint density at radius 2 is 2.14 bits per heavy atom. The van der Waals surface area contributed by atoms with Gasteiger partial charge in [-0.15, -0.1) is 0 Å². The number of hydrogen-bond acceptors (Lipinski definition) is 3. The van der Waals surface area contributed by atoms with Crippen LogP contribution in [0.5, 0.6) is 0 Å². The summed E-state index contributed by atoms with van der Waals surface area (Å²) in [5.74, 6) is -0.738. The fraction of sp³-hybridized carbons (Fsp3) is 0.900. The van der Waals surface area contributed by atoms with E-state index in [9.17, 15) is 4.79 Å². The van der Waals surface area contributed by atoms with E-state index in [2.05, 4.69) is 0 Å². The van der Waals surface area contributed by atoms with E-state index in [1.807, 2.05) is 11.8 Å². The highest BCUT2D eigenvalue weighted by molar-refractivity contribution is 5.72. The zero-order valence-corrected chi connectivity index (χ0v) is 8.90. The molecule has 1 rings (SSSR count). The van der Waals surface area contributed by atoms with Crippen molar-refractivity contribution in [2.45, 2.75) is 38.8 Å². The van der Waals surface area contributed by atoms with Gasteiger partial charge in [0, 0.05) is 19.3 Å². The lowest BCUT2D eigenvalue weighted by atomic mass is 10.1. The molecule has 0 amide bonds. The number of carbonyl (C=O) groups is 1. The highest BCUT2D eigenvalue weighted by atomic mass is 16.5. The van der Waals surface area contributed by atoms with Gasteiger partial charge in [-0.2, -0.15) is 0 Å². The molecule has 0 spiro atoms. The summed E-state index contributed by atoms with van der Waals surface area (Å²) < 4.78 is 5.26. The van der Waals surface area contributed by atoms with Gasteiger partial charge in [0.15, 0.2) is 0 Å². The highest BCUT2D eigenvalue weighted by Crippen LogP contribution is 2.16. The molecule has 0 saturated carbocycles. The largest absolute Gasteiger partial charge is 0.480 e. The molecular formula is C10H19NO3. The molecule has 0 aromatic carbocycles. The van der Waals surface area contributed by atoms with Crippen LogP contribution in [0.3, 0.4) is 0 Å². The number of ether oxygens (including phenoxy) is 1. The third-order valence-corrected chi connectivity index (χ3v) is 2.88. The molecular weight excluding hydrogens is 182 g/mol. The SMILES string of the molecule is CCN(C1CCOCC1)[C@H](C)C(=O)O. The Morgan fingerprint density at radius 3 is 2.57 bits per heavy atom. The molecule has 0 aromatic rings. The van der Waals surface area contributed by atoms with Crippen molar-refractivity contribution in [3.8, 4) is 0 Å². The Hall–Kier alpha value is -0.610. The fourth-order valence-corrected chi connectivity index (χ4v) is 2.01. The lowest BCUT2D eigenvalue weighted by Crippen LogP contribution is -2.47. The van der Waals surface area contributed by atoms with Gasteiger partial charge in [0.1, 0.15) is 6.04 Å². The van der Waals surface area contributed by atoms with E-state index in [-0.39, 0.29) is 6.04 Å². The first kappa shape index (κ1) is 11.5. The van der Waals surface area contributed by atoms with Crippen LogP contribution in [0.25, 0.3) is 0 Å². The van der Waals surface area contributed by atoms with Crippen molar-refractivity contribution < 1.29 is 14.6 Å². The zero-order valence-electron chi connectivity index (χ0n) is 8.90. The van der Waals surface area contributed by atoms with E-state index < -0.39 is 5.97 Å². The van der Waals surface area contributed by atoms with Crippen LogP contribution < -0.4 is 0 Å². The van der Waals surface area contributed by atoms with Gasteiger partial charge in [0.2, 0.25) is 0 Å². The average molecular weight is 201 g/mol. The van der Waals surface area contributed by atoms with E-state index in [0.717, 1.165) is 32.6 Å². The summed E-state index contributed by atoms with van der Waals surface area (Å²) in [6.07, 6.45) is 1.90. The van der Waals surface area contributed by atoms with Gasteiger partial charge in [-0.1, -0.05) is 6.92 Å². The molecule has 1 heterocycles. The maximum Gasteiger partial charge on any atom is 0.320 e. The topological polar surface area (TPSA) is 49.8 Å². The van der Waals surface area contributed by atoms with Crippen LogP contribution in [0.2, 0.25) is 0 Å². The minimum atomic E-state index is -0.738. The van der Waals surface area contributed by atoms with Crippen LogP contribution in [-0.2, 0) is 9.53 Å². The van der Waals surface area contributed by atoms with Gasteiger partial charge in [-0.05, 0) is 26.3 Å². The van der Waals surface area contributed by atoms with Gasteiger partial charge in [-0.3, -0.25) is 9.69 Å². The first-order chi connectivity index (χ1) is 6.66. The molecule has 0 bridgehead atoms. The fourth-order valence-electron chi connectivity index (χ4n) is 2.01. The third kappa shape index (κ3) is 2.69. The van der Waals surface area contributed by atoms with Crippen molar-refractivity contribution in [2.75, 3.05) is 19.8 Å².